The molecule has 6 unspecified atom stereocenters. The second-order valence-corrected chi connectivity index (χ2v) is 13.7. The van der Waals surface area contributed by atoms with Gasteiger partial charge in [-0.25, -0.2) is 4.79 Å². The van der Waals surface area contributed by atoms with Crippen molar-refractivity contribution in [2.45, 2.75) is 96.6 Å². The number of ether oxygens (including phenoxy) is 1. The zero-order valence-electron chi connectivity index (χ0n) is 29.2. The van der Waals surface area contributed by atoms with Gasteiger partial charge in [0.2, 0.25) is 17.7 Å². The molecule has 0 spiro atoms. The number of hydrogen-bond acceptors (Lipinski definition) is 6. The van der Waals surface area contributed by atoms with E-state index in [1.165, 1.54) is 0 Å². The van der Waals surface area contributed by atoms with Gasteiger partial charge in [0.25, 0.3) is 0 Å². The monoisotopic (exact) mass is 672 g/mol. The van der Waals surface area contributed by atoms with Crippen LogP contribution in [0.2, 0.25) is 0 Å². The van der Waals surface area contributed by atoms with E-state index in [1.807, 2.05) is 105 Å². The molecule has 6 N–H and O–H groups in total. The van der Waals surface area contributed by atoms with Crippen molar-refractivity contribution in [1.82, 2.24) is 16.0 Å². The van der Waals surface area contributed by atoms with Crippen molar-refractivity contribution in [1.29, 1.82) is 0 Å². The Morgan fingerprint density at radius 1 is 0.735 bits per heavy atom. The molecule has 3 aromatic carbocycles. The molecule has 0 fully saturated rings. The molecule has 0 aliphatic rings. The van der Waals surface area contributed by atoms with Crippen LogP contribution in [0.4, 0.5) is 4.79 Å². The van der Waals surface area contributed by atoms with Crippen molar-refractivity contribution in [2.75, 3.05) is 0 Å². The topological polar surface area (TPSA) is 160 Å². The molecule has 3 rings (SSSR count). The highest BCUT2D eigenvalue weighted by Crippen LogP contribution is 2.21. The number of nitrogens with one attached hydrogen (secondary N) is 3. The Morgan fingerprint density at radius 2 is 1.22 bits per heavy atom. The van der Waals surface area contributed by atoms with Crippen molar-refractivity contribution in [3.05, 3.63) is 108 Å². The molecule has 0 aliphatic carbocycles. The largest absolute Gasteiger partial charge is 0.444 e. The summed E-state index contributed by atoms with van der Waals surface area (Å²) in [5, 5.41) is 20.2. The summed E-state index contributed by atoms with van der Waals surface area (Å²) in [5.41, 5.74) is 7.52. The molecular formula is C39H52N4O6. The van der Waals surface area contributed by atoms with Crippen LogP contribution < -0.4 is 21.7 Å². The standard InChI is InChI=1S/C39H52N4O6/c1-6-26(2)34(37(47)41-32(35(40)45)24-29-20-14-9-15-21-29)43-36(46)30(22-27-16-10-7-11-17-27)25-33(44)31(23-28-18-12-8-13-19-28)42-38(48)49-39(3,4)5/h7-21,26,30-34,44H,6,22-25H2,1-5H3,(H2,40,45)(H,41,47)(H,42,48)(H,43,46). The van der Waals surface area contributed by atoms with Gasteiger partial charge in [-0.05, 0) is 62.6 Å². The Labute approximate surface area is 290 Å². The smallest absolute Gasteiger partial charge is 0.407 e. The lowest BCUT2D eigenvalue weighted by Crippen LogP contribution is -2.56. The fourth-order valence-corrected chi connectivity index (χ4v) is 5.55. The molecule has 49 heavy (non-hydrogen) atoms. The summed E-state index contributed by atoms with van der Waals surface area (Å²) in [6, 6.07) is 25.4. The van der Waals surface area contributed by atoms with Crippen molar-refractivity contribution in [2.24, 2.45) is 17.6 Å². The second kappa shape index (κ2) is 18.7. The van der Waals surface area contributed by atoms with E-state index in [-0.39, 0.29) is 25.2 Å². The molecule has 6 atom stereocenters. The molecule has 10 heteroatoms. The quantitative estimate of drug-likeness (QED) is 0.142. The molecule has 0 bridgehead atoms. The Bertz CT molecular complexity index is 1480. The molecule has 0 radical (unpaired) electrons. The SMILES string of the molecule is CCC(C)C(NC(=O)C(Cc1ccccc1)CC(O)C(Cc1ccccc1)NC(=O)OC(C)(C)C)C(=O)NC(Cc1ccccc1)C(N)=O. The van der Waals surface area contributed by atoms with E-state index in [1.54, 1.807) is 20.8 Å². The van der Waals surface area contributed by atoms with Crippen LogP contribution in [0.1, 0.15) is 64.2 Å². The second-order valence-electron chi connectivity index (χ2n) is 13.7. The third kappa shape index (κ3) is 13.4. The highest BCUT2D eigenvalue weighted by Gasteiger charge is 2.34. The molecule has 0 aromatic heterocycles. The van der Waals surface area contributed by atoms with Crippen molar-refractivity contribution < 1.29 is 29.0 Å². The normalized spacial score (nSPS) is 15.1. The van der Waals surface area contributed by atoms with Crippen LogP contribution in [0, 0.1) is 11.8 Å². The minimum absolute atomic E-state index is 0.0131. The first-order valence-electron chi connectivity index (χ1n) is 16.9. The van der Waals surface area contributed by atoms with Crippen LogP contribution >= 0.6 is 0 Å². The first-order chi connectivity index (χ1) is 23.3. The van der Waals surface area contributed by atoms with Crippen molar-refractivity contribution in [3.8, 4) is 0 Å². The number of carbonyl (C=O) groups is 4. The summed E-state index contributed by atoms with van der Waals surface area (Å²) in [7, 11) is 0. The Morgan fingerprint density at radius 3 is 1.69 bits per heavy atom. The fraction of sp³-hybridized carbons (Fsp3) is 0.436. The number of amides is 4. The van der Waals surface area contributed by atoms with Crippen LogP contribution in [0.5, 0.6) is 0 Å². The van der Waals surface area contributed by atoms with E-state index < -0.39 is 59.6 Å². The van der Waals surface area contributed by atoms with E-state index >= 15 is 0 Å². The van der Waals surface area contributed by atoms with Gasteiger partial charge in [-0.15, -0.1) is 0 Å². The summed E-state index contributed by atoms with van der Waals surface area (Å²) in [5.74, 6) is -2.69. The minimum Gasteiger partial charge on any atom is -0.444 e. The first-order valence-corrected chi connectivity index (χ1v) is 16.9. The van der Waals surface area contributed by atoms with Gasteiger partial charge in [0.1, 0.15) is 17.7 Å². The zero-order chi connectivity index (χ0) is 36.0. The maximum Gasteiger partial charge on any atom is 0.407 e. The highest BCUT2D eigenvalue weighted by atomic mass is 16.6. The van der Waals surface area contributed by atoms with Gasteiger partial charge >= 0.3 is 6.09 Å². The summed E-state index contributed by atoms with van der Waals surface area (Å²) in [6.07, 6.45) is -0.475. The van der Waals surface area contributed by atoms with Gasteiger partial charge < -0.3 is 31.5 Å². The summed E-state index contributed by atoms with van der Waals surface area (Å²) in [6.45, 7) is 9.03. The number of hydrogen-bond donors (Lipinski definition) is 5. The average molecular weight is 673 g/mol. The van der Waals surface area contributed by atoms with E-state index in [9.17, 15) is 24.3 Å². The van der Waals surface area contributed by atoms with E-state index in [0.29, 0.717) is 12.8 Å². The van der Waals surface area contributed by atoms with Crippen LogP contribution in [-0.4, -0.2) is 58.8 Å². The number of aliphatic hydroxyl groups excluding tert-OH is 1. The Kier molecular flexibility index (Phi) is 14.8. The fourth-order valence-electron chi connectivity index (χ4n) is 5.55. The van der Waals surface area contributed by atoms with Crippen molar-refractivity contribution >= 4 is 23.8 Å². The molecule has 10 nitrogen and oxygen atoms in total. The van der Waals surface area contributed by atoms with Gasteiger partial charge in [-0.2, -0.15) is 0 Å². The molecule has 0 aliphatic heterocycles. The molecular weight excluding hydrogens is 620 g/mol. The number of benzene rings is 3. The van der Waals surface area contributed by atoms with Crippen LogP contribution in [0.25, 0.3) is 0 Å². The number of nitrogens with two attached hydrogens (primary N) is 1. The molecule has 0 heterocycles. The first kappa shape index (κ1) is 38.7. The van der Waals surface area contributed by atoms with Gasteiger partial charge in [-0.1, -0.05) is 111 Å². The van der Waals surface area contributed by atoms with Crippen molar-refractivity contribution in [3.63, 3.8) is 0 Å². The third-order valence-corrected chi connectivity index (χ3v) is 8.42. The number of aliphatic hydroxyl groups is 1. The number of rotatable bonds is 17. The maximum atomic E-state index is 14.1. The zero-order valence-corrected chi connectivity index (χ0v) is 29.2. The minimum atomic E-state index is -1.15. The van der Waals surface area contributed by atoms with Crippen LogP contribution in [0.15, 0.2) is 91.0 Å². The van der Waals surface area contributed by atoms with Gasteiger partial charge in [0, 0.05) is 12.3 Å². The Hall–Kier alpha value is -4.70. The lowest BCUT2D eigenvalue weighted by molar-refractivity contribution is -0.134. The lowest BCUT2D eigenvalue weighted by atomic mass is 9.88. The summed E-state index contributed by atoms with van der Waals surface area (Å²) < 4.78 is 5.49. The Balaban J connectivity index is 1.86. The molecule has 3 aromatic rings. The molecule has 0 saturated heterocycles. The molecule has 264 valence electrons. The predicted molar refractivity (Wildman–Crippen MR) is 190 cm³/mol. The van der Waals surface area contributed by atoms with E-state index in [0.717, 1.165) is 16.7 Å². The summed E-state index contributed by atoms with van der Waals surface area (Å²) >= 11 is 0. The van der Waals surface area contributed by atoms with E-state index in [4.69, 9.17) is 10.5 Å². The van der Waals surface area contributed by atoms with Gasteiger partial charge in [-0.3, -0.25) is 14.4 Å². The number of alkyl carbamates (subject to hydrolysis) is 1. The predicted octanol–water partition coefficient (Wildman–Crippen LogP) is 4.48. The lowest BCUT2D eigenvalue weighted by Gasteiger charge is -2.31. The van der Waals surface area contributed by atoms with Crippen LogP contribution in [0.3, 0.4) is 0 Å². The maximum absolute atomic E-state index is 14.1. The van der Waals surface area contributed by atoms with Crippen LogP contribution in [-0.2, 0) is 38.4 Å². The van der Waals surface area contributed by atoms with E-state index in [2.05, 4.69) is 16.0 Å². The molecule has 0 saturated carbocycles. The average Bonchev–Trinajstić information content (AvgIpc) is 3.06. The molecule has 4 amide bonds. The third-order valence-electron chi connectivity index (χ3n) is 8.42. The number of primary amides is 1. The number of carbonyl (C=O) groups excluding carboxylic acids is 4. The van der Waals surface area contributed by atoms with Gasteiger partial charge in [0.15, 0.2) is 0 Å². The summed E-state index contributed by atoms with van der Waals surface area (Å²) in [4.78, 5) is 53.0. The van der Waals surface area contributed by atoms with Gasteiger partial charge in [0.05, 0.1) is 12.1 Å². The highest BCUT2D eigenvalue weighted by molar-refractivity contribution is 5.92.